The van der Waals surface area contributed by atoms with Crippen molar-refractivity contribution in [3.05, 3.63) is 113 Å². The first-order chi connectivity index (χ1) is 29.0. The lowest BCUT2D eigenvalue weighted by atomic mass is 9.32. The number of Topliss-reactive ketones (excluding diaryl/α,β-unsaturated/α-hetero) is 1. The maximum absolute atomic E-state index is 15.2. The van der Waals surface area contributed by atoms with Gasteiger partial charge in [0.05, 0.1) is 28.8 Å². The number of hydrogen-bond donors (Lipinski definition) is 2. The van der Waals surface area contributed by atoms with Crippen molar-refractivity contribution in [2.24, 2.45) is 33.5 Å². The Morgan fingerprint density at radius 2 is 1.66 bits per heavy atom. The molecule has 1 aromatic heterocycles. The maximum atomic E-state index is 15.2. The van der Waals surface area contributed by atoms with Crippen molar-refractivity contribution in [3.8, 4) is 17.1 Å². The van der Waals surface area contributed by atoms with Gasteiger partial charge >= 0.3 is 12.3 Å². The molecule has 8 nitrogen and oxygen atoms in total. The van der Waals surface area contributed by atoms with Crippen LogP contribution < -0.4 is 4.74 Å². The van der Waals surface area contributed by atoms with Gasteiger partial charge in [-0.05, 0) is 122 Å². The number of allylic oxidation sites excluding steroid dienone is 4. The number of furan rings is 1. The van der Waals surface area contributed by atoms with E-state index in [1.54, 1.807) is 18.1 Å². The minimum Gasteiger partial charge on any atom is -0.453 e. The molecule has 6 aliphatic rings. The second-order valence-corrected chi connectivity index (χ2v) is 19.0. The normalized spacial score (nSPS) is 32.5. The summed E-state index contributed by atoms with van der Waals surface area (Å²) in [4.78, 5) is 30.8. The molecule has 3 aromatic carbocycles. The van der Waals surface area contributed by atoms with E-state index in [0.29, 0.717) is 69.4 Å². The number of halogens is 4. The second-order valence-electron chi connectivity index (χ2n) is 18.6. The van der Waals surface area contributed by atoms with Gasteiger partial charge in [0.2, 0.25) is 5.78 Å². The highest BCUT2D eigenvalue weighted by Crippen LogP contribution is 2.78. The van der Waals surface area contributed by atoms with E-state index in [9.17, 15) is 28.2 Å². The van der Waals surface area contributed by atoms with E-state index in [1.807, 2.05) is 36.4 Å². The number of carbonyl (C=O) groups excluding carboxylic acids is 2. The van der Waals surface area contributed by atoms with Crippen molar-refractivity contribution in [2.45, 2.75) is 83.1 Å². The van der Waals surface area contributed by atoms with Crippen molar-refractivity contribution in [1.29, 1.82) is 0 Å². The summed E-state index contributed by atoms with van der Waals surface area (Å²) in [6, 6.07) is 19.3. The van der Waals surface area contributed by atoms with Crippen LogP contribution in [0.2, 0.25) is 5.02 Å². The second kappa shape index (κ2) is 14.9. The van der Waals surface area contributed by atoms with Gasteiger partial charge in [-0.1, -0.05) is 74.0 Å². The molecular formula is C49H51ClF3NO7. The van der Waals surface area contributed by atoms with Crippen LogP contribution >= 0.6 is 11.6 Å². The molecule has 2 bridgehead atoms. The van der Waals surface area contributed by atoms with Gasteiger partial charge in [-0.2, -0.15) is 13.2 Å². The molecule has 0 saturated heterocycles. The molecule has 8 atom stereocenters. The molecular weight excluding hydrogens is 807 g/mol. The molecule has 2 spiro atoms. The molecule has 322 valence electrons. The SMILES string of the molecule is COCCCN(C[C@]1(O)CC[C@H]2[C@]34C=C[C@@]5(C=C3C(=O)c3ccc(-c6cc(C(F)(F)F)ccc6Cl)o3)CC(O)CC[C@]5(C)[C@H]4CC[C@@]21C)C(=O)Oc1ccc2ccccc2c1. The van der Waals surface area contributed by atoms with Gasteiger partial charge in [-0.15, -0.1) is 0 Å². The molecule has 1 heterocycles. The van der Waals surface area contributed by atoms with E-state index in [2.05, 4.69) is 32.1 Å². The van der Waals surface area contributed by atoms with E-state index < -0.39 is 45.8 Å². The molecule has 61 heavy (non-hydrogen) atoms. The average Bonchev–Trinajstić information content (AvgIpc) is 3.82. The summed E-state index contributed by atoms with van der Waals surface area (Å²) >= 11 is 6.40. The van der Waals surface area contributed by atoms with Gasteiger partial charge in [0.1, 0.15) is 11.5 Å². The highest BCUT2D eigenvalue weighted by atomic mass is 35.5. The van der Waals surface area contributed by atoms with Crippen molar-refractivity contribution < 1.29 is 46.9 Å². The van der Waals surface area contributed by atoms with Gasteiger partial charge in [0, 0.05) is 47.6 Å². The molecule has 0 radical (unpaired) electrons. The summed E-state index contributed by atoms with van der Waals surface area (Å²) in [5, 5.41) is 26.2. The van der Waals surface area contributed by atoms with Crippen LogP contribution in [-0.2, 0) is 10.9 Å². The van der Waals surface area contributed by atoms with Crippen LogP contribution in [0, 0.1) is 33.5 Å². The van der Waals surface area contributed by atoms with Gasteiger partial charge in [0.25, 0.3) is 0 Å². The van der Waals surface area contributed by atoms with Gasteiger partial charge in [-0.25, -0.2) is 4.79 Å². The Hall–Kier alpha value is -4.42. The van der Waals surface area contributed by atoms with Crippen LogP contribution in [-0.4, -0.2) is 65.5 Å². The number of rotatable bonds is 10. The van der Waals surface area contributed by atoms with E-state index in [4.69, 9.17) is 25.5 Å². The van der Waals surface area contributed by atoms with Crippen molar-refractivity contribution in [1.82, 2.24) is 4.90 Å². The van der Waals surface area contributed by atoms with Crippen LogP contribution in [0.4, 0.5) is 18.0 Å². The number of nitrogens with zero attached hydrogens (tertiary/aromatic N) is 1. The summed E-state index contributed by atoms with van der Waals surface area (Å²) < 4.78 is 58.7. The van der Waals surface area contributed by atoms with E-state index in [0.717, 1.165) is 29.3 Å². The first-order valence-corrected chi connectivity index (χ1v) is 21.7. The third-order valence-corrected chi connectivity index (χ3v) is 16.1. The highest BCUT2D eigenvalue weighted by molar-refractivity contribution is 6.33. The Morgan fingerprint density at radius 1 is 0.918 bits per heavy atom. The summed E-state index contributed by atoms with van der Waals surface area (Å²) in [5.74, 6) is -0.234. The van der Waals surface area contributed by atoms with Crippen LogP contribution in [0.15, 0.2) is 101 Å². The zero-order valence-electron chi connectivity index (χ0n) is 34.6. The zero-order chi connectivity index (χ0) is 43.2. The van der Waals surface area contributed by atoms with Crippen LogP contribution in [0.1, 0.15) is 81.3 Å². The smallest absolute Gasteiger partial charge is 0.416 e. The largest absolute Gasteiger partial charge is 0.453 e. The lowest BCUT2D eigenvalue weighted by Crippen LogP contribution is -2.67. The van der Waals surface area contributed by atoms with Crippen LogP contribution in [0.3, 0.4) is 0 Å². The Morgan fingerprint density at radius 3 is 2.43 bits per heavy atom. The number of amides is 1. The molecule has 1 amide bonds. The first kappa shape index (κ1) is 41.9. The number of aliphatic hydroxyl groups excluding tert-OH is 1. The summed E-state index contributed by atoms with van der Waals surface area (Å²) in [6.45, 7) is 5.09. The predicted octanol–water partition coefficient (Wildman–Crippen LogP) is 11.1. The van der Waals surface area contributed by atoms with Crippen LogP contribution in [0.25, 0.3) is 22.1 Å². The number of alkyl halides is 3. The molecule has 0 aliphatic heterocycles. The number of carbonyl (C=O) groups is 2. The zero-order valence-corrected chi connectivity index (χ0v) is 35.3. The Balaban J connectivity index is 1.08. The molecule has 4 aromatic rings. The topological polar surface area (TPSA) is 109 Å². The van der Waals surface area contributed by atoms with E-state index in [-0.39, 0.29) is 51.7 Å². The predicted molar refractivity (Wildman–Crippen MR) is 225 cm³/mol. The average molecular weight is 858 g/mol. The number of benzene rings is 3. The number of hydrogen-bond acceptors (Lipinski definition) is 7. The van der Waals surface area contributed by atoms with E-state index in [1.165, 1.54) is 18.2 Å². The standard InChI is InChI=1S/C49H51ClF3NO7/c1-44-18-15-33(55)27-46(44)21-22-48(36(28-46)42(56)39-14-13-38(61-39)35-26-32(49(51,52)53)10-12-37(35)50)40(44)16-19-45(2)41(48)17-20-47(45,58)29-54(23-6-24-59-3)43(57)60-34-11-9-30-7-4-5-8-31(30)25-34/h4-5,7-14,21-22,25-26,28,33,40-41,55,58H,6,15-20,23-24,27,29H2,1-3H3/t33?,40-,41-,44-,45+,46+,47-,48-/m1/s1. The lowest BCUT2D eigenvalue weighted by molar-refractivity contribution is -0.175. The Kier molecular flexibility index (Phi) is 10.2. The first-order valence-electron chi connectivity index (χ1n) is 21.3. The quantitative estimate of drug-likeness (QED) is 0.0928. The summed E-state index contributed by atoms with van der Waals surface area (Å²) in [6.07, 6.45) is 5.33. The van der Waals surface area contributed by atoms with Gasteiger partial charge < -0.3 is 29.0 Å². The van der Waals surface area contributed by atoms with Crippen molar-refractivity contribution in [3.63, 3.8) is 0 Å². The number of ketones is 1. The molecule has 12 heteroatoms. The fourth-order valence-corrected chi connectivity index (χ4v) is 12.8. The molecule has 10 rings (SSSR count). The third kappa shape index (κ3) is 6.51. The fraction of sp³-hybridized carbons (Fsp3) is 0.469. The monoisotopic (exact) mass is 857 g/mol. The van der Waals surface area contributed by atoms with Crippen molar-refractivity contribution in [2.75, 3.05) is 26.8 Å². The third-order valence-electron chi connectivity index (χ3n) is 15.8. The minimum absolute atomic E-state index is 0.0142. The summed E-state index contributed by atoms with van der Waals surface area (Å²) in [7, 11) is 1.60. The fourth-order valence-electron chi connectivity index (χ4n) is 12.6. The lowest BCUT2D eigenvalue weighted by Gasteiger charge is -2.71. The number of aliphatic hydroxyl groups is 2. The maximum Gasteiger partial charge on any atom is 0.416 e. The number of fused-ring (bicyclic) bond motifs is 2. The Labute approximate surface area is 358 Å². The summed E-state index contributed by atoms with van der Waals surface area (Å²) in [5.41, 5.74) is -4.24. The number of methoxy groups -OCH3 is 1. The van der Waals surface area contributed by atoms with E-state index >= 15 is 4.79 Å². The highest BCUT2D eigenvalue weighted by Gasteiger charge is 2.74. The minimum atomic E-state index is -4.61. The van der Waals surface area contributed by atoms with Crippen molar-refractivity contribution >= 4 is 34.2 Å². The molecule has 2 N–H and O–H groups in total. The van der Waals surface area contributed by atoms with Gasteiger partial charge in [0.15, 0.2) is 5.76 Å². The Bertz CT molecular complexity index is 2460. The molecule has 3 fully saturated rings. The van der Waals surface area contributed by atoms with Gasteiger partial charge in [-0.3, -0.25) is 4.79 Å². The molecule has 3 saturated carbocycles. The van der Waals surface area contributed by atoms with Crippen LogP contribution in [0.5, 0.6) is 5.75 Å². The number of ether oxygens (including phenoxy) is 2. The molecule has 1 unspecified atom stereocenters. The molecule has 6 aliphatic carbocycles.